The van der Waals surface area contributed by atoms with Gasteiger partial charge in [-0.1, -0.05) is 24.6 Å². The molecular formula is C38H45F2N7O2. The van der Waals surface area contributed by atoms with E-state index in [9.17, 15) is 18.4 Å². The van der Waals surface area contributed by atoms with Crippen molar-refractivity contribution in [3.63, 3.8) is 0 Å². The largest absolute Gasteiger partial charge is 0.346 e. The predicted octanol–water partition coefficient (Wildman–Crippen LogP) is 7.37. The highest BCUT2D eigenvalue weighted by Crippen LogP contribution is 2.48. The van der Waals surface area contributed by atoms with Crippen LogP contribution in [0.4, 0.5) is 26.0 Å². The molecule has 4 aromatic rings. The van der Waals surface area contributed by atoms with E-state index in [4.69, 9.17) is 9.97 Å². The first-order valence-electron chi connectivity index (χ1n) is 17.5. The van der Waals surface area contributed by atoms with E-state index in [2.05, 4.69) is 46.4 Å². The Bertz CT molecular complexity index is 1910. The molecule has 2 fully saturated rings. The van der Waals surface area contributed by atoms with Crippen molar-refractivity contribution in [1.82, 2.24) is 24.8 Å². The number of hydrogen-bond acceptors (Lipinski definition) is 6. The van der Waals surface area contributed by atoms with Gasteiger partial charge in [0.25, 0.3) is 12.3 Å². The third kappa shape index (κ3) is 6.06. The van der Waals surface area contributed by atoms with Crippen LogP contribution in [0.15, 0.2) is 48.8 Å². The van der Waals surface area contributed by atoms with Gasteiger partial charge < -0.3 is 25.0 Å². The van der Waals surface area contributed by atoms with Crippen LogP contribution < -0.4 is 15.5 Å². The molecule has 3 aliphatic rings. The number of carbonyl (C=O) groups is 2. The molecule has 9 nitrogen and oxygen atoms in total. The van der Waals surface area contributed by atoms with Crippen molar-refractivity contribution in [3.05, 3.63) is 65.5 Å². The van der Waals surface area contributed by atoms with Gasteiger partial charge in [0, 0.05) is 40.6 Å². The van der Waals surface area contributed by atoms with E-state index in [1.807, 2.05) is 36.6 Å². The maximum Gasteiger partial charge on any atom is 0.255 e. The van der Waals surface area contributed by atoms with Crippen molar-refractivity contribution >= 4 is 40.0 Å². The normalized spacial score (nSPS) is 20.6. The fraction of sp³-hybridized carbons (Fsp3) is 0.474. The number of amides is 2. The number of aromatic nitrogens is 3. The van der Waals surface area contributed by atoms with Gasteiger partial charge in [0.2, 0.25) is 5.91 Å². The minimum atomic E-state index is -2.64. The number of benzene rings is 2. The summed E-state index contributed by atoms with van der Waals surface area (Å²) in [6, 6.07) is 14.3. The lowest BCUT2D eigenvalue weighted by molar-refractivity contribution is -0.123. The number of likely N-dealkylation sites (tertiary alicyclic amines) is 1. The van der Waals surface area contributed by atoms with Crippen LogP contribution >= 0.6 is 0 Å². The SMILES string of the molecule is Cc1ccc(Nc2nc(-c3ccc4c(c3)N([C@H]3C[C@@H](N5CCCCC5)C3)C(=O)C4(C)C)cc3ncn(C(C)C)c23)cc1C(=O)NCC(F)F. The lowest BCUT2D eigenvalue weighted by Crippen LogP contribution is -2.57. The highest BCUT2D eigenvalue weighted by atomic mass is 19.3. The van der Waals surface area contributed by atoms with Gasteiger partial charge in [-0.05, 0) is 109 Å². The summed E-state index contributed by atoms with van der Waals surface area (Å²) in [6.07, 6.45) is 4.98. The molecule has 0 spiro atoms. The number of piperidine rings is 1. The van der Waals surface area contributed by atoms with Crippen molar-refractivity contribution in [2.45, 2.75) is 96.7 Å². The molecule has 0 atom stereocenters. The summed E-state index contributed by atoms with van der Waals surface area (Å²) >= 11 is 0. The molecule has 4 heterocycles. The number of anilines is 3. The van der Waals surface area contributed by atoms with Gasteiger partial charge in [-0.15, -0.1) is 0 Å². The molecule has 1 aliphatic carbocycles. The van der Waals surface area contributed by atoms with Gasteiger partial charge in [0.1, 0.15) is 5.52 Å². The molecule has 0 radical (unpaired) electrons. The maximum absolute atomic E-state index is 13.9. The van der Waals surface area contributed by atoms with Crippen molar-refractivity contribution < 1.29 is 18.4 Å². The van der Waals surface area contributed by atoms with Crippen molar-refractivity contribution in [2.75, 3.05) is 29.9 Å². The van der Waals surface area contributed by atoms with E-state index in [-0.39, 0.29) is 18.0 Å². The topological polar surface area (TPSA) is 95.4 Å². The summed E-state index contributed by atoms with van der Waals surface area (Å²) in [5.41, 5.74) is 6.07. The first-order chi connectivity index (χ1) is 23.4. The van der Waals surface area contributed by atoms with E-state index >= 15 is 0 Å². The fourth-order valence-corrected chi connectivity index (χ4v) is 7.69. The van der Waals surface area contributed by atoms with Crippen LogP contribution in [0.25, 0.3) is 22.3 Å². The maximum atomic E-state index is 13.9. The van der Waals surface area contributed by atoms with Crippen LogP contribution in [0.5, 0.6) is 0 Å². The molecule has 0 bridgehead atoms. The van der Waals surface area contributed by atoms with Crippen LogP contribution in [-0.4, -0.2) is 69.4 Å². The highest BCUT2D eigenvalue weighted by molar-refractivity contribution is 6.09. The highest BCUT2D eigenvalue weighted by Gasteiger charge is 2.50. The van der Waals surface area contributed by atoms with Crippen LogP contribution in [0.3, 0.4) is 0 Å². The molecule has 49 heavy (non-hydrogen) atoms. The van der Waals surface area contributed by atoms with Gasteiger partial charge in [0.15, 0.2) is 5.82 Å². The Morgan fingerprint density at radius 3 is 2.49 bits per heavy atom. The van der Waals surface area contributed by atoms with Gasteiger partial charge in [-0.3, -0.25) is 9.59 Å². The number of fused-ring (bicyclic) bond motifs is 2. The minimum Gasteiger partial charge on any atom is -0.346 e. The quantitative estimate of drug-likeness (QED) is 0.193. The number of nitrogens with one attached hydrogen (secondary N) is 2. The van der Waals surface area contributed by atoms with Crippen molar-refractivity contribution in [2.24, 2.45) is 0 Å². The number of aryl methyl sites for hydroxylation is 1. The van der Waals surface area contributed by atoms with E-state index in [1.54, 1.807) is 25.4 Å². The van der Waals surface area contributed by atoms with Gasteiger partial charge >= 0.3 is 0 Å². The summed E-state index contributed by atoms with van der Waals surface area (Å²) in [5, 5.41) is 5.71. The van der Waals surface area contributed by atoms with Crippen LogP contribution in [0.1, 0.15) is 87.3 Å². The van der Waals surface area contributed by atoms with Crippen molar-refractivity contribution in [3.8, 4) is 11.3 Å². The Morgan fingerprint density at radius 1 is 1.02 bits per heavy atom. The van der Waals surface area contributed by atoms with Crippen LogP contribution in [0.2, 0.25) is 0 Å². The van der Waals surface area contributed by atoms with Gasteiger partial charge in [0.05, 0.1) is 29.5 Å². The van der Waals surface area contributed by atoms with E-state index in [0.717, 1.165) is 53.8 Å². The molecular weight excluding hydrogens is 624 g/mol. The second kappa shape index (κ2) is 12.8. The molecule has 2 amide bonds. The number of imidazole rings is 1. The van der Waals surface area contributed by atoms with Gasteiger partial charge in [-0.25, -0.2) is 18.7 Å². The average molecular weight is 670 g/mol. The lowest BCUT2D eigenvalue weighted by atomic mass is 9.82. The Kier molecular flexibility index (Phi) is 8.67. The molecule has 0 unspecified atom stereocenters. The number of rotatable bonds is 9. The molecule has 258 valence electrons. The van der Waals surface area contributed by atoms with E-state index in [1.165, 1.54) is 19.3 Å². The number of pyridine rings is 1. The minimum absolute atomic E-state index is 0.102. The predicted molar refractivity (Wildman–Crippen MR) is 189 cm³/mol. The number of alkyl halides is 2. The zero-order valence-electron chi connectivity index (χ0n) is 28.9. The summed E-state index contributed by atoms with van der Waals surface area (Å²) in [4.78, 5) is 41.2. The van der Waals surface area contributed by atoms with E-state index < -0.39 is 24.3 Å². The van der Waals surface area contributed by atoms with Crippen molar-refractivity contribution in [1.29, 1.82) is 0 Å². The van der Waals surface area contributed by atoms with Gasteiger partial charge in [-0.2, -0.15) is 0 Å². The monoisotopic (exact) mass is 669 g/mol. The first-order valence-corrected chi connectivity index (χ1v) is 17.5. The Labute approximate surface area is 286 Å². The third-order valence-corrected chi connectivity index (χ3v) is 10.6. The zero-order chi connectivity index (χ0) is 34.6. The molecule has 2 N–H and O–H groups in total. The zero-order valence-corrected chi connectivity index (χ0v) is 28.9. The number of carbonyl (C=O) groups excluding carboxylic acids is 2. The smallest absolute Gasteiger partial charge is 0.255 e. The molecule has 2 aromatic heterocycles. The molecule has 1 saturated heterocycles. The third-order valence-electron chi connectivity index (χ3n) is 10.6. The summed E-state index contributed by atoms with van der Waals surface area (Å²) in [5.74, 6) is 0.143. The molecule has 2 aromatic carbocycles. The first kappa shape index (κ1) is 33.1. The van der Waals surface area contributed by atoms with E-state index in [0.29, 0.717) is 34.4 Å². The average Bonchev–Trinajstić information content (AvgIpc) is 3.58. The standard InChI is InChI=1S/C38H45F2N7O2/c1-22(2)46-21-42-31-19-30(44-35(34(31)46)43-25-11-9-23(3)28(16-25)36(48)41-20-33(39)40)24-10-12-29-32(15-24)47(37(49)38(29,4)5)27-17-26(18-27)45-13-7-6-8-14-45/h9-12,15-16,19,21-22,26-27,33H,6-8,13-14,17-18,20H2,1-5H3,(H,41,48)(H,43,44)/t26-,27+. The summed E-state index contributed by atoms with van der Waals surface area (Å²) < 4.78 is 27.7. The summed E-state index contributed by atoms with van der Waals surface area (Å²) in [6.45, 7) is 11.5. The second-order valence-corrected chi connectivity index (χ2v) is 14.6. The lowest BCUT2D eigenvalue weighted by Gasteiger charge is -2.48. The Morgan fingerprint density at radius 2 is 1.78 bits per heavy atom. The Hall–Kier alpha value is -4.38. The number of hydrogen-bond donors (Lipinski definition) is 2. The number of halogens is 2. The molecule has 7 rings (SSSR count). The summed E-state index contributed by atoms with van der Waals surface area (Å²) in [7, 11) is 0. The Balaban J connectivity index is 1.24. The molecule has 1 saturated carbocycles. The number of nitrogens with zero attached hydrogens (tertiary/aromatic N) is 5. The van der Waals surface area contributed by atoms with Crippen LogP contribution in [0, 0.1) is 6.92 Å². The second-order valence-electron chi connectivity index (χ2n) is 14.6. The molecule has 2 aliphatic heterocycles. The molecule has 11 heteroatoms. The van der Waals surface area contributed by atoms with Crippen LogP contribution in [-0.2, 0) is 10.2 Å². The fourth-order valence-electron chi connectivity index (χ4n) is 7.69.